The van der Waals surface area contributed by atoms with Crippen LogP contribution in [-0.2, 0) is 0 Å². The van der Waals surface area contributed by atoms with Gasteiger partial charge in [0.25, 0.3) is 0 Å². The van der Waals surface area contributed by atoms with Gasteiger partial charge in [-0.2, -0.15) is 0 Å². The van der Waals surface area contributed by atoms with E-state index in [-0.39, 0.29) is 0 Å². The van der Waals surface area contributed by atoms with Crippen LogP contribution in [0.25, 0.3) is 0 Å². The molecule has 0 bridgehead atoms. The highest BCUT2D eigenvalue weighted by atomic mass is 15.2. The van der Waals surface area contributed by atoms with E-state index in [1.54, 1.807) is 6.21 Å². The van der Waals surface area contributed by atoms with E-state index < -0.39 is 0 Å². The standard InChI is InChI=1S/C16H23N5.C2H6/c1-6-17-13(4)19-15-10-21(8-7-11(15)2)16-12(3)9-18-14(5)20-16;1-2/h6,9H,7-8,10H2,1-5H3;1-2H3. The summed E-state index contributed by atoms with van der Waals surface area (Å²) in [6.07, 6.45) is 4.66. The Kier molecular flexibility index (Phi) is 7.59. The molecule has 0 unspecified atom stereocenters. The number of rotatable bonds is 2. The zero-order valence-corrected chi connectivity index (χ0v) is 15.5. The first-order valence-electron chi connectivity index (χ1n) is 8.29. The van der Waals surface area contributed by atoms with Crippen LogP contribution in [0.5, 0.6) is 0 Å². The Morgan fingerprint density at radius 1 is 1.26 bits per heavy atom. The predicted octanol–water partition coefficient (Wildman–Crippen LogP) is 4.11. The van der Waals surface area contributed by atoms with Crippen molar-refractivity contribution in [1.82, 2.24) is 9.97 Å². The minimum atomic E-state index is 0.777. The quantitative estimate of drug-likeness (QED) is 0.609. The van der Waals surface area contributed by atoms with Gasteiger partial charge in [-0.3, -0.25) is 0 Å². The highest BCUT2D eigenvalue weighted by Crippen LogP contribution is 2.25. The molecule has 126 valence electrons. The van der Waals surface area contributed by atoms with Crippen LogP contribution in [0.1, 0.15) is 52.4 Å². The molecule has 0 saturated carbocycles. The smallest absolute Gasteiger partial charge is 0.135 e. The molecule has 5 heteroatoms. The zero-order valence-electron chi connectivity index (χ0n) is 15.5. The van der Waals surface area contributed by atoms with Crippen molar-refractivity contribution in [3.63, 3.8) is 0 Å². The second kappa shape index (κ2) is 9.18. The fraction of sp³-hybridized carbons (Fsp3) is 0.556. The Hall–Kier alpha value is -2.04. The molecule has 0 atom stereocenters. The van der Waals surface area contributed by atoms with Gasteiger partial charge >= 0.3 is 0 Å². The van der Waals surface area contributed by atoms with Crippen LogP contribution in [0.3, 0.4) is 0 Å². The normalized spacial score (nSPS) is 15.8. The first-order valence-corrected chi connectivity index (χ1v) is 8.29. The van der Waals surface area contributed by atoms with Crippen LogP contribution in [0, 0.1) is 13.8 Å². The Bertz CT molecular complexity index is 614. The van der Waals surface area contributed by atoms with Gasteiger partial charge in [0.05, 0.1) is 12.2 Å². The predicted molar refractivity (Wildman–Crippen MR) is 99.7 cm³/mol. The van der Waals surface area contributed by atoms with Gasteiger partial charge in [-0.1, -0.05) is 13.8 Å². The van der Waals surface area contributed by atoms with Crippen LogP contribution in [0.2, 0.25) is 0 Å². The van der Waals surface area contributed by atoms with Crippen molar-refractivity contribution in [2.45, 2.75) is 54.9 Å². The van der Waals surface area contributed by atoms with Crippen molar-refractivity contribution in [2.75, 3.05) is 18.0 Å². The fourth-order valence-corrected chi connectivity index (χ4v) is 2.40. The number of aromatic nitrogens is 2. The summed E-state index contributed by atoms with van der Waals surface area (Å²) in [5, 5.41) is 0. The third kappa shape index (κ3) is 5.27. The average molecular weight is 315 g/mol. The van der Waals surface area contributed by atoms with Crippen LogP contribution >= 0.6 is 0 Å². The molecule has 1 aromatic heterocycles. The van der Waals surface area contributed by atoms with Crippen LogP contribution in [0.4, 0.5) is 5.82 Å². The molecular weight excluding hydrogens is 286 g/mol. The minimum Gasteiger partial charge on any atom is -0.350 e. The molecule has 0 aliphatic carbocycles. The van der Waals surface area contributed by atoms with E-state index in [0.29, 0.717) is 0 Å². The highest BCUT2D eigenvalue weighted by molar-refractivity contribution is 5.87. The SMILES string of the molecule is CC.CC=NC(C)=NC1=C(C)CCN(c2nc(C)ncc2C)C1. The van der Waals surface area contributed by atoms with Gasteiger partial charge in [-0.05, 0) is 46.6 Å². The molecule has 5 nitrogen and oxygen atoms in total. The molecule has 0 radical (unpaired) electrons. The Morgan fingerprint density at radius 2 is 1.96 bits per heavy atom. The van der Waals surface area contributed by atoms with Crippen molar-refractivity contribution < 1.29 is 0 Å². The fourth-order valence-electron chi connectivity index (χ4n) is 2.40. The molecular formula is C18H29N5. The first kappa shape index (κ1) is 19.0. The van der Waals surface area contributed by atoms with E-state index in [2.05, 4.69) is 38.7 Å². The van der Waals surface area contributed by atoms with Crippen molar-refractivity contribution in [3.05, 3.63) is 28.9 Å². The second-order valence-corrected chi connectivity index (χ2v) is 5.37. The van der Waals surface area contributed by atoms with E-state index in [0.717, 1.165) is 48.2 Å². The van der Waals surface area contributed by atoms with Crippen molar-refractivity contribution in [1.29, 1.82) is 0 Å². The van der Waals surface area contributed by atoms with Crippen molar-refractivity contribution in [2.24, 2.45) is 9.98 Å². The summed E-state index contributed by atoms with van der Waals surface area (Å²) in [5.74, 6) is 2.61. The lowest BCUT2D eigenvalue weighted by Gasteiger charge is -2.30. The van der Waals surface area contributed by atoms with E-state index in [1.165, 1.54) is 5.57 Å². The Labute approximate surface area is 140 Å². The molecule has 0 amide bonds. The van der Waals surface area contributed by atoms with Crippen LogP contribution in [0.15, 0.2) is 27.5 Å². The summed E-state index contributed by atoms with van der Waals surface area (Å²) in [4.78, 5) is 20.0. The molecule has 0 fully saturated rings. The van der Waals surface area contributed by atoms with Gasteiger partial charge in [0.2, 0.25) is 0 Å². The van der Waals surface area contributed by atoms with Gasteiger partial charge in [-0.25, -0.2) is 20.0 Å². The number of amidine groups is 1. The second-order valence-electron chi connectivity index (χ2n) is 5.37. The Morgan fingerprint density at radius 3 is 2.61 bits per heavy atom. The highest BCUT2D eigenvalue weighted by Gasteiger charge is 2.19. The van der Waals surface area contributed by atoms with E-state index >= 15 is 0 Å². The maximum Gasteiger partial charge on any atom is 0.135 e. The number of aliphatic imine (C=N–C) groups is 2. The molecule has 1 aliphatic rings. The summed E-state index contributed by atoms with van der Waals surface area (Å²) in [5.41, 5.74) is 3.53. The molecule has 0 aromatic carbocycles. The topological polar surface area (TPSA) is 53.7 Å². The summed E-state index contributed by atoms with van der Waals surface area (Å²) < 4.78 is 0. The Balaban J connectivity index is 0.00000127. The number of aryl methyl sites for hydroxylation is 2. The van der Waals surface area contributed by atoms with Gasteiger partial charge < -0.3 is 4.90 Å². The lowest BCUT2D eigenvalue weighted by Crippen LogP contribution is -2.32. The average Bonchev–Trinajstić information content (AvgIpc) is 2.54. The molecule has 2 heterocycles. The number of hydrogen-bond acceptors (Lipinski definition) is 4. The van der Waals surface area contributed by atoms with Gasteiger partial charge in [-0.15, -0.1) is 0 Å². The molecule has 0 N–H and O–H groups in total. The molecule has 0 spiro atoms. The van der Waals surface area contributed by atoms with Gasteiger partial charge in [0.15, 0.2) is 0 Å². The van der Waals surface area contributed by atoms with Crippen LogP contribution < -0.4 is 4.90 Å². The van der Waals surface area contributed by atoms with E-state index in [9.17, 15) is 0 Å². The summed E-state index contributed by atoms with van der Waals surface area (Å²) in [6, 6.07) is 0. The van der Waals surface area contributed by atoms with Gasteiger partial charge in [0.1, 0.15) is 17.5 Å². The zero-order chi connectivity index (χ0) is 17.4. The largest absolute Gasteiger partial charge is 0.350 e. The first-order chi connectivity index (χ1) is 11.0. The van der Waals surface area contributed by atoms with E-state index in [4.69, 9.17) is 0 Å². The third-order valence-electron chi connectivity index (χ3n) is 3.57. The summed E-state index contributed by atoms with van der Waals surface area (Å²) in [6.45, 7) is 15.7. The lowest BCUT2D eigenvalue weighted by atomic mass is 10.1. The number of anilines is 1. The monoisotopic (exact) mass is 315 g/mol. The van der Waals surface area contributed by atoms with Crippen LogP contribution in [-0.4, -0.2) is 35.1 Å². The summed E-state index contributed by atoms with van der Waals surface area (Å²) in [7, 11) is 0. The van der Waals surface area contributed by atoms with Gasteiger partial charge in [0, 0.05) is 24.5 Å². The molecule has 1 aromatic rings. The maximum atomic E-state index is 4.65. The third-order valence-corrected chi connectivity index (χ3v) is 3.57. The van der Waals surface area contributed by atoms with Crippen molar-refractivity contribution >= 4 is 17.9 Å². The molecule has 23 heavy (non-hydrogen) atoms. The molecule has 2 rings (SSSR count). The molecule has 0 saturated heterocycles. The lowest BCUT2D eigenvalue weighted by molar-refractivity contribution is 0.733. The van der Waals surface area contributed by atoms with E-state index in [1.807, 2.05) is 40.8 Å². The van der Waals surface area contributed by atoms with Crippen molar-refractivity contribution in [3.8, 4) is 0 Å². The minimum absolute atomic E-state index is 0.777. The molecule has 1 aliphatic heterocycles. The summed E-state index contributed by atoms with van der Waals surface area (Å²) >= 11 is 0. The number of hydrogen-bond donors (Lipinski definition) is 0. The maximum absolute atomic E-state index is 4.65. The number of nitrogens with zero attached hydrogens (tertiary/aromatic N) is 5.